The summed E-state index contributed by atoms with van der Waals surface area (Å²) in [6.07, 6.45) is 0.400. The minimum absolute atomic E-state index is 0.0484. The number of phenolic OH excluding ortho intramolecular Hbond substituents is 2. The number of amides is 1. The van der Waals surface area contributed by atoms with Gasteiger partial charge in [-0.1, -0.05) is 18.3 Å². The molecular formula is C12H16N2O3S. The first kappa shape index (κ1) is 14.2. The lowest BCUT2D eigenvalue weighted by atomic mass is 10.1. The zero-order chi connectivity index (χ0) is 13.9. The molecule has 1 rings (SSSR count). The van der Waals surface area contributed by atoms with Crippen molar-refractivity contribution < 1.29 is 15.0 Å². The number of nitrogens with zero attached hydrogens (tertiary/aromatic N) is 1. The van der Waals surface area contributed by atoms with E-state index in [0.717, 1.165) is 0 Å². The molecule has 1 amide bonds. The normalized spacial score (nSPS) is 11.9. The van der Waals surface area contributed by atoms with Gasteiger partial charge in [-0.25, -0.2) is 0 Å². The Kier molecular flexibility index (Phi) is 4.49. The predicted octanol–water partition coefficient (Wildman–Crippen LogP) is 1.23. The van der Waals surface area contributed by atoms with E-state index >= 15 is 0 Å². The zero-order valence-corrected chi connectivity index (χ0v) is 11.1. The number of hydrogen-bond acceptors (Lipinski definition) is 4. The number of carbonyl (C=O) groups is 1. The number of nitrogens with two attached hydrogens (primary N) is 1. The number of benzene rings is 1. The first-order chi connectivity index (χ1) is 8.34. The molecule has 5 nitrogen and oxygen atoms in total. The van der Waals surface area contributed by atoms with Gasteiger partial charge in [0.2, 0.25) is 0 Å². The van der Waals surface area contributed by atoms with Crippen LogP contribution >= 0.6 is 12.2 Å². The van der Waals surface area contributed by atoms with Gasteiger partial charge in [-0.15, -0.1) is 0 Å². The molecule has 0 bridgehead atoms. The molecule has 0 aromatic heterocycles. The third kappa shape index (κ3) is 3.10. The highest BCUT2D eigenvalue weighted by Crippen LogP contribution is 2.29. The van der Waals surface area contributed by atoms with Crippen LogP contribution in [0.4, 0.5) is 0 Å². The van der Waals surface area contributed by atoms with Gasteiger partial charge in [-0.05, 0) is 19.1 Å². The number of rotatable bonds is 4. The average Bonchev–Trinajstić information content (AvgIpc) is 2.30. The molecule has 0 aliphatic heterocycles. The fraction of sp³-hybridized carbons (Fsp3) is 0.333. The van der Waals surface area contributed by atoms with Crippen molar-refractivity contribution in [1.82, 2.24) is 4.90 Å². The minimum Gasteiger partial charge on any atom is -0.504 e. The van der Waals surface area contributed by atoms with Crippen molar-refractivity contribution >= 4 is 23.1 Å². The van der Waals surface area contributed by atoms with Crippen LogP contribution < -0.4 is 5.73 Å². The van der Waals surface area contributed by atoms with Crippen molar-refractivity contribution in [2.45, 2.75) is 19.4 Å². The van der Waals surface area contributed by atoms with E-state index in [2.05, 4.69) is 0 Å². The van der Waals surface area contributed by atoms with Crippen molar-refractivity contribution in [2.75, 3.05) is 7.05 Å². The summed E-state index contributed by atoms with van der Waals surface area (Å²) in [4.78, 5) is 13.9. The molecule has 1 atom stereocenters. The first-order valence-corrected chi connectivity index (χ1v) is 5.81. The average molecular weight is 268 g/mol. The van der Waals surface area contributed by atoms with E-state index in [0.29, 0.717) is 11.4 Å². The lowest BCUT2D eigenvalue weighted by Crippen LogP contribution is -2.37. The Labute approximate surface area is 111 Å². The van der Waals surface area contributed by atoms with Crippen LogP contribution in [-0.4, -0.2) is 39.1 Å². The SMILES string of the molecule is CC(CC(N)=S)N(C)C(=O)c1cccc(O)c1O. The van der Waals surface area contributed by atoms with E-state index in [1.54, 1.807) is 14.0 Å². The molecule has 18 heavy (non-hydrogen) atoms. The van der Waals surface area contributed by atoms with E-state index in [4.69, 9.17) is 18.0 Å². The van der Waals surface area contributed by atoms with Gasteiger partial charge in [0.1, 0.15) is 0 Å². The third-order valence-electron chi connectivity index (χ3n) is 2.72. The van der Waals surface area contributed by atoms with Crippen molar-refractivity contribution in [1.29, 1.82) is 0 Å². The number of aromatic hydroxyl groups is 2. The van der Waals surface area contributed by atoms with Gasteiger partial charge >= 0.3 is 0 Å². The molecule has 1 aromatic carbocycles. The quantitative estimate of drug-likeness (QED) is 0.565. The Balaban J connectivity index is 2.93. The van der Waals surface area contributed by atoms with Crippen LogP contribution in [0.5, 0.6) is 11.5 Å². The first-order valence-electron chi connectivity index (χ1n) is 5.41. The predicted molar refractivity (Wildman–Crippen MR) is 72.7 cm³/mol. The van der Waals surface area contributed by atoms with Crippen LogP contribution in [-0.2, 0) is 0 Å². The maximum atomic E-state index is 12.1. The highest BCUT2D eigenvalue weighted by atomic mass is 32.1. The van der Waals surface area contributed by atoms with Crippen molar-refractivity contribution in [3.63, 3.8) is 0 Å². The summed E-state index contributed by atoms with van der Waals surface area (Å²) < 4.78 is 0. The highest BCUT2D eigenvalue weighted by molar-refractivity contribution is 7.80. The summed E-state index contributed by atoms with van der Waals surface area (Å²) >= 11 is 4.79. The summed E-state index contributed by atoms with van der Waals surface area (Å²) in [6, 6.07) is 4.07. The van der Waals surface area contributed by atoms with Gasteiger partial charge in [-0.2, -0.15) is 0 Å². The Hall–Kier alpha value is -1.82. The van der Waals surface area contributed by atoms with Gasteiger partial charge in [0.15, 0.2) is 11.5 Å². The third-order valence-corrected chi connectivity index (χ3v) is 2.89. The van der Waals surface area contributed by atoms with E-state index < -0.39 is 11.7 Å². The molecular weight excluding hydrogens is 252 g/mol. The summed E-state index contributed by atoms with van der Waals surface area (Å²) in [5, 5.41) is 19.0. The Morgan fingerprint density at radius 3 is 2.67 bits per heavy atom. The van der Waals surface area contributed by atoms with Crippen LogP contribution in [0.3, 0.4) is 0 Å². The van der Waals surface area contributed by atoms with Crippen LogP contribution in [0.1, 0.15) is 23.7 Å². The second-order valence-electron chi connectivity index (χ2n) is 4.11. The Morgan fingerprint density at radius 1 is 1.50 bits per heavy atom. The molecule has 98 valence electrons. The number of carbonyl (C=O) groups excluding carboxylic acids is 1. The molecule has 4 N–H and O–H groups in total. The lowest BCUT2D eigenvalue weighted by Gasteiger charge is -2.25. The largest absolute Gasteiger partial charge is 0.504 e. The van der Waals surface area contributed by atoms with E-state index in [1.165, 1.54) is 23.1 Å². The van der Waals surface area contributed by atoms with Gasteiger partial charge in [0.05, 0.1) is 10.6 Å². The highest BCUT2D eigenvalue weighted by Gasteiger charge is 2.21. The number of para-hydroxylation sites is 1. The molecule has 0 saturated carbocycles. The summed E-state index contributed by atoms with van der Waals surface area (Å²) in [5.41, 5.74) is 5.48. The maximum Gasteiger partial charge on any atom is 0.257 e. The van der Waals surface area contributed by atoms with E-state index in [1.807, 2.05) is 0 Å². The maximum absolute atomic E-state index is 12.1. The van der Waals surface area contributed by atoms with Crippen LogP contribution in [0, 0.1) is 0 Å². The number of hydrogen-bond donors (Lipinski definition) is 3. The van der Waals surface area contributed by atoms with Crippen molar-refractivity contribution in [2.24, 2.45) is 5.73 Å². The monoisotopic (exact) mass is 268 g/mol. The zero-order valence-electron chi connectivity index (χ0n) is 10.3. The lowest BCUT2D eigenvalue weighted by molar-refractivity contribution is 0.0744. The molecule has 0 aliphatic carbocycles. The summed E-state index contributed by atoms with van der Waals surface area (Å²) in [5.74, 6) is -1.14. The van der Waals surface area contributed by atoms with E-state index in [-0.39, 0.29) is 17.4 Å². The molecule has 0 fully saturated rings. The fourth-order valence-corrected chi connectivity index (χ4v) is 1.76. The number of thiocarbonyl (C=S) groups is 1. The molecule has 1 unspecified atom stereocenters. The molecule has 0 radical (unpaired) electrons. The van der Waals surface area contributed by atoms with Crippen LogP contribution in [0.15, 0.2) is 18.2 Å². The Bertz CT molecular complexity index is 476. The number of phenols is 2. The summed E-state index contributed by atoms with van der Waals surface area (Å²) in [7, 11) is 1.59. The molecule has 0 saturated heterocycles. The van der Waals surface area contributed by atoms with Gasteiger partial charge in [0.25, 0.3) is 5.91 Å². The second-order valence-corrected chi connectivity index (χ2v) is 4.63. The smallest absolute Gasteiger partial charge is 0.257 e. The fourth-order valence-electron chi connectivity index (χ4n) is 1.52. The Morgan fingerprint density at radius 2 is 2.11 bits per heavy atom. The molecule has 0 heterocycles. The van der Waals surface area contributed by atoms with Crippen LogP contribution in [0.2, 0.25) is 0 Å². The van der Waals surface area contributed by atoms with E-state index in [9.17, 15) is 15.0 Å². The second kappa shape index (κ2) is 5.68. The van der Waals surface area contributed by atoms with Gasteiger partial charge < -0.3 is 20.8 Å². The molecule has 1 aromatic rings. The molecule has 0 spiro atoms. The molecule has 0 aliphatic rings. The van der Waals surface area contributed by atoms with Crippen molar-refractivity contribution in [3.05, 3.63) is 23.8 Å². The van der Waals surface area contributed by atoms with Crippen LogP contribution in [0.25, 0.3) is 0 Å². The topological polar surface area (TPSA) is 86.8 Å². The van der Waals surface area contributed by atoms with Crippen molar-refractivity contribution in [3.8, 4) is 11.5 Å². The van der Waals surface area contributed by atoms with Gasteiger partial charge in [-0.3, -0.25) is 4.79 Å². The molecule has 6 heteroatoms. The van der Waals surface area contributed by atoms with Gasteiger partial charge in [0, 0.05) is 19.5 Å². The standard InChI is InChI=1S/C12H16N2O3S/c1-7(6-10(13)18)14(2)12(17)8-4-3-5-9(15)11(8)16/h3-5,7,15-16H,6H2,1-2H3,(H2,13,18). The summed E-state index contributed by atoms with van der Waals surface area (Å²) in [6.45, 7) is 1.80. The minimum atomic E-state index is -0.420.